The van der Waals surface area contributed by atoms with Crippen molar-refractivity contribution in [1.29, 1.82) is 0 Å². The molecule has 0 aliphatic carbocycles. The summed E-state index contributed by atoms with van der Waals surface area (Å²) in [5.41, 5.74) is 0.986. The maximum atomic E-state index is 12.9. The van der Waals surface area contributed by atoms with Gasteiger partial charge in [0.1, 0.15) is 5.82 Å². The second-order valence-electron chi connectivity index (χ2n) is 3.66. The van der Waals surface area contributed by atoms with Crippen LogP contribution < -0.4 is 0 Å². The minimum atomic E-state index is -0.244. The summed E-state index contributed by atoms with van der Waals surface area (Å²) in [6, 6.07) is 4.67. The Balaban J connectivity index is 2.28. The molecule has 1 aliphatic rings. The van der Waals surface area contributed by atoms with Crippen LogP contribution in [0.4, 0.5) is 4.39 Å². The SMILES string of the molecule is Fc1ccc(C2OCCC2CCl)c(Br)c1. The summed E-state index contributed by atoms with van der Waals surface area (Å²) < 4.78 is 19.3. The summed E-state index contributed by atoms with van der Waals surface area (Å²) in [7, 11) is 0. The first-order valence-electron chi connectivity index (χ1n) is 4.85. The lowest BCUT2D eigenvalue weighted by molar-refractivity contribution is 0.0945. The van der Waals surface area contributed by atoms with Gasteiger partial charge in [-0.05, 0) is 24.1 Å². The summed E-state index contributed by atoms with van der Waals surface area (Å²) in [5, 5.41) is 0. The highest BCUT2D eigenvalue weighted by atomic mass is 79.9. The maximum Gasteiger partial charge on any atom is 0.124 e. The highest BCUT2D eigenvalue weighted by Gasteiger charge is 2.30. The van der Waals surface area contributed by atoms with Gasteiger partial charge in [0.25, 0.3) is 0 Å². The number of halogens is 3. The van der Waals surface area contributed by atoms with Gasteiger partial charge in [0.15, 0.2) is 0 Å². The van der Waals surface area contributed by atoms with E-state index in [2.05, 4.69) is 15.9 Å². The molecule has 0 aromatic heterocycles. The molecule has 1 saturated heterocycles. The maximum absolute atomic E-state index is 12.9. The number of hydrogen-bond acceptors (Lipinski definition) is 1. The number of hydrogen-bond donors (Lipinski definition) is 0. The molecule has 0 amide bonds. The molecule has 2 rings (SSSR count). The summed E-state index contributed by atoms with van der Waals surface area (Å²) in [5.74, 6) is 0.661. The monoisotopic (exact) mass is 292 g/mol. The van der Waals surface area contributed by atoms with Crippen molar-refractivity contribution in [2.24, 2.45) is 5.92 Å². The van der Waals surface area contributed by atoms with E-state index in [0.717, 1.165) is 23.1 Å². The van der Waals surface area contributed by atoms with E-state index in [-0.39, 0.29) is 11.9 Å². The minimum Gasteiger partial charge on any atom is -0.373 e. The first-order valence-corrected chi connectivity index (χ1v) is 6.17. The van der Waals surface area contributed by atoms with E-state index in [1.807, 2.05) is 0 Å². The molecular formula is C11H11BrClFO. The van der Waals surface area contributed by atoms with E-state index < -0.39 is 0 Å². The van der Waals surface area contributed by atoms with Crippen LogP contribution in [0.3, 0.4) is 0 Å². The molecular weight excluding hydrogens is 282 g/mol. The topological polar surface area (TPSA) is 9.23 Å². The second-order valence-corrected chi connectivity index (χ2v) is 4.82. The number of alkyl halides is 1. The Morgan fingerprint density at radius 3 is 3.00 bits per heavy atom. The van der Waals surface area contributed by atoms with Crippen molar-refractivity contribution in [2.75, 3.05) is 12.5 Å². The van der Waals surface area contributed by atoms with Crippen molar-refractivity contribution in [2.45, 2.75) is 12.5 Å². The Labute approximate surface area is 102 Å². The normalized spacial score (nSPS) is 25.8. The molecule has 1 heterocycles. The van der Waals surface area contributed by atoms with Gasteiger partial charge in [0.2, 0.25) is 0 Å². The lowest BCUT2D eigenvalue weighted by Crippen LogP contribution is -2.09. The molecule has 1 fully saturated rings. The lowest BCUT2D eigenvalue weighted by atomic mass is 9.97. The smallest absolute Gasteiger partial charge is 0.124 e. The molecule has 0 bridgehead atoms. The summed E-state index contributed by atoms with van der Waals surface area (Å²) in [6.45, 7) is 0.728. The molecule has 15 heavy (non-hydrogen) atoms. The van der Waals surface area contributed by atoms with Gasteiger partial charge in [0.05, 0.1) is 6.10 Å². The first kappa shape index (κ1) is 11.4. The largest absolute Gasteiger partial charge is 0.373 e. The summed E-state index contributed by atoms with van der Waals surface area (Å²) >= 11 is 9.22. The van der Waals surface area contributed by atoms with E-state index in [1.165, 1.54) is 12.1 Å². The Morgan fingerprint density at radius 1 is 1.53 bits per heavy atom. The summed E-state index contributed by atoms with van der Waals surface area (Å²) in [6.07, 6.45) is 0.968. The number of benzene rings is 1. The van der Waals surface area contributed by atoms with Crippen LogP contribution in [0.25, 0.3) is 0 Å². The zero-order valence-electron chi connectivity index (χ0n) is 8.05. The highest BCUT2D eigenvalue weighted by molar-refractivity contribution is 9.10. The zero-order valence-corrected chi connectivity index (χ0v) is 10.4. The Kier molecular flexibility index (Phi) is 3.65. The lowest BCUT2D eigenvalue weighted by Gasteiger charge is -2.17. The second kappa shape index (κ2) is 4.81. The van der Waals surface area contributed by atoms with Crippen LogP contribution in [0, 0.1) is 11.7 Å². The molecule has 0 saturated carbocycles. The van der Waals surface area contributed by atoms with Gasteiger partial charge in [-0.1, -0.05) is 22.0 Å². The van der Waals surface area contributed by atoms with Gasteiger partial charge < -0.3 is 4.74 Å². The Morgan fingerprint density at radius 2 is 2.33 bits per heavy atom. The number of rotatable bonds is 2. The van der Waals surface area contributed by atoms with Crippen molar-refractivity contribution < 1.29 is 9.13 Å². The van der Waals surface area contributed by atoms with Crippen molar-refractivity contribution in [3.05, 3.63) is 34.1 Å². The molecule has 82 valence electrons. The van der Waals surface area contributed by atoms with Crippen molar-refractivity contribution >= 4 is 27.5 Å². The average molecular weight is 294 g/mol. The summed E-state index contributed by atoms with van der Waals surface area (Å²) in [4.78, 5) is 0. The molecule has 1 nitrogen and oxygen atoms in total. The van der Waals surface area contributed by atoms with Crippen LogP contribution in [0.2, 0.25) is 0 Å². The van der Waals surface area contributed by atoms with E-state index in [0.29, 0.717) is 11.8 Å². The predicted molar refractivity (Wildman–Crippen MR) is 61.6 cm³/mol. The third kappa shape index (κ3) is 2.35. The van der Waals surface area contributed by atoms with E-state index >= 15 is 0 Å². The van der Waals surface area contributed by atoms with Crippen molar-refractivity contribution in [3.8, 4) is 0 Å². The van der Waals surface area contributed by atoms with E-state index in [1.54, 1.807) is 6.07 Å². The Hall–Kier alpha value is -0.120. The van der Waals surface area contributed by atoms with Crippen LogP contribution in [0.15, 0.2) is 22.7 Å². The van der Waals surface area contributed by atoms with Crippen LogP contribution in [-0.4, -0.2) is 12.5 Å². The molecule has 4 heteroatoms. The van der Waals surface area contributed by atoms with Crippen molar-refractivity contribution in [1.82, 2.24) is 0 Å². The fraction of sp³-hybridized carbons (Fsp3) is 0.455. The molecule has 0 N–H and O–H groups in total. The quantitative estimate of drug-likeness (QED) is 0.751. The molecule has 1 aromatic rings. The van der Waals surface area contributed by atoms with Gasteiger partial charge in [-0.2, -0.15) is 0 Å². The van der Waals surface area contributed by atoms with Gasteiger partial charge in [-0.15, -0.1) is 11.6 Å². The van der Waals surface area contributed by atoms with Gasteiger partial charge in [-0.25, -0.2) is 4.39 Å². The fourth-order valence-electron chi connectivity index (χ4n) is 1.87. The predicted octanol–water partition coefficient (Wildman–Crippen LogP) is 3.90. The van der Waals surface area contributed by atoms with Crippen LogP contribution in [-0.2, 0) is 4.74 Å². The number of ether oxygens (including phenoxy) is 1. The van der Waals surface area contributed by atoms with E-state index in [4.69, 9.17) is 16.3 Å². The highest BCUT2D eigenvalue weighted by Crippen LogP contribution is 2.38. The molecule has 0 radical (unpaired) electrons. The van der Waals surface area contributed by atoms with Crippen LogP contribution >= 0.6 is 27.5 Å². The van der Waals surface area contributed by atoms with Gasteiger partial charge >= 0.3 is 0 Å². The minimum absolute atomic E-state index is 0.00234. The Bertz CT molecular complexity index is 358. The molecule has 1 aliphatic heterocycles. The van der Waals surface area contributed by atoms with Gasteiger partial charge in [0, 0.05) is 22.9 Å². The van der Waals surface area contributed by atoms with Crippen molar-refractivity contribution in [3.63, 3.8) is 0 Å². The third-order valence-corrected chi connectivity index (χ3v) is 3.76. The standard InChI is InChI=1S/C11H11BrClFO/c12-10-5-8(14)1-2-9(10)11-7(6-13)3-4-15-11/h1-2,5,7,11H,3-4,6H2. The molecule has 0 spiro atoms. The van der Waals surface area contributed by atoms with Crippen LogP contribution in [0.1, 0.15) is 18.1 Å². The first-order chi connectivity index (χ1) is 7.22. The fourth-order valence-corrected chi connectivity index (χ4v) is 2.76. The van der Waals surface area contributed by atoms with Crippen LogP contribution in [0.5, 0.6) is 0 Å². The van der Waals surface area contributed by atoms with Gasteiger partial charge in [-0.3, -0.25) is 0 Å². The molecule has 2 atom stereocenters. The van der Waals surface area contributed by atoms with E-state index in [9.17, 15) is 4.39 Å². The zero-order chi connectivity index (χ0) is 10.8. The average Bonchev–Trinajstić information content (AvgIpc) is 2.65. The third-order valence-electron chi connectivity index (χ3n) is 2.68. The molecule has 2 unspecified atom stereocenters. The molecule has 1 aromatic carbocycles.